The Balaban J connectivity index is 1.83. The van der Waals surface area contributed by atoms with E-state index >= 15 is 0 Å². The largest absolute Gasteiger partial charge is 0.402 e. The van der Waals surface area contributed by atoms with Gasteiger partial charge in [0, 0.05) is 22.4 Å². The van der Waals surface area contributed by atoms with Crippen molar-refractivity contribution in [2.45, 2.75) is 0 Å². The Morgan fingerprint density at radius 1 is 1.00 bits per heavy atom. The van der Waals surface area contributed by atoms with Gasteiger partial charge in [0.1, 0.15) is 0 Å². The van der Waals surface area contributed by atoms with E-state index in [0.29, 0.717) is 15.9 Å². The third kappa shape index (κ3) is 3.29. The Labute approximate surface area is 131 Å². The van der Waals surface area contributed by atoms with Crippen LogP contribution >= 0.6 is 23.2 Å². The molecule has 0 N–H and O–H groups in total. The topological polar surface area (TPSA) is 51.3 Å². The summed E-state index contributed by atoms with van der Waals surface area (Å²) in [7, 11) is 0. The zero-order chi connectivity index (χ0) is 14.7. The summed E-state index contributed by atoms with van der Waals surface area (Å²) in [6.07, 6.45) is 1.56. The van der Waals surface area contributed by atoms with Crippen LogP contribution in [0, 0.1) is 0 Å². The molecule has 0 fully saturated rings. The van der Waals surface area contributed by atoms with E-state index in [2.05, 4.69) is 15.2 Å². The molecule has 0 spiro atoms. The van der Waals surface area contributed by atoms with Gasteiger partial charge in [0.15, 0.2) is 0 Å². The summed E-state index contributed by atoms with van der Waals surface area (Å²) in [6, 6.07) is 14.8. The van der Waals surface area contributed by atoms with Crippen molar-refractivity contribution < 1.29 is 4.42 Å². The molecule has 0 bridgehead atoms. The highest BCUT2D eigenvalue weighted by Crippen LogP contribution is 2.22. The molecule has 0 saturated heterocycles. The fourth-order valence-electron chi connectivity index (χ4n) is 1.70. The Kier molecular flexibility index (Phi) is 3.99. The first kappa shape index (κ1) is 13.8. The molecule has 0 atom stereocenters. The lowest BCUT2D eigenvalue weighted by Gasteiger charge is -1.96. The molecule has 0 aliphatic heterocycles. The molecule has 0 amide bonds. The standard InChI is InChI=1S/C15H9Cl2N3O/c16-12-7-6-11(13(17)8-12)9-18-15-20-19-14(21-15)10-4-2-1-3-5-10/h1-9H. The predicted octanol–water partition coefficient (Wildman–Crippen LogP) is 4.79. The summed E-state index contributed by atoms with van der Waals surface area (Å²) in [6.45, 7) is 0. The fourth-order valence-corrected chi connectivity index (χ4v) is 2.15. The van der Waals surface area contributed by atoms with Gasteiger partial charge in [0.2, 0.25) is 5.89 Å². The van der Waals surface area contributed by atoms with Crippen molar-refractivity contribution in [2.75, 3.05) is 0 Å². The van der Waals surface area contributed by atoms with Gasteiger partial charge in [-0.15, -0.1) is 5.10 Å². The van der Waals surface area contributed by atoms with Crippen LogP contribution in [0.15, 0.2) is 57.9 Å². The van der Waals surface area contributed by atoms with Gasteiger partial charge in [-0.1, -0.05) is 52.6 Å². The molecule has 1 aromatic heterocycles. The average Bonchev–Trinajstić information content (AvgIpc) is 2.96. The number of rotatable bonds is 3. The molecule has 2 aromatic carbocycles. The Bertz CT molecular complexity index is 785. The molecule has 0 saturated carbocycles. The summed E-state index contributed by atoms with van der Waals surface area (Å²) < 4.78 is 5.47. The van der Waals surface area contributed by atoms with Gasteiger partial charge < -0.3 is 4.42 Å². The molecule has 4 nitrogen and oxygen atoms in total. The van der Waals surface area contributed by atoms with E-state index in [1.165, 1.54) is 0 Å². The maximum Gasteiger partial charge on any atom is 0.342 e. The van der Waals surface area contributed by atoms with Crippen LogP contribution in [-0.4, -0.2) is 16.4 Å². The molecule has 0 aliphatic rings. The van der Waals surface area contributed by atoms with Crippen molar-refractivity contribution in [3.63, 3.8) is 0 Å². The van der Waals surface area contributed by atoms with E-state index in [1.807, 2.05) is 30.3 Å². The van der Waals surface area contributed by atoms with Crippen molar-refractivity contribution in [3.05, 3.63) is 64.1 Å². The van der Waals surface area contributed by atoms with Crippen LogP contribution in [0.1, 0.15) is 5.56 Å². The van der Waals surface area contributed by atoms with E-state index in [1.54, 1.807) is 24.4 Å². The minimum Gasteiger partial charge on any atom is -0.402 e. The van der Waals surface area contributed by atoms with Gasteiger partial charge >= 0.3 is 6.01 Å². The van der Waals surface area contributed by atoms with E-state index in [4.69, 9.17) is 27.6 Å². The highest BCUT2D eigenvalue weighted by molar-refractivity contribution is 6.36. The molecular weight excluding hydrogens is 309 g/mol. The quantitative estimate of drug-likeness (QED) is 0.652. The number of hydrogen-bond donors (Lipinski definition) is 0. The molecule has 1 heterocycles. The summed E-state index contributed by atoms with van der Waals surface area (Å²) in [5.74, 6) is 0.421. The van der Waals surface area contributed by atoms with E-state index in [0.717, 1.165) is 11.1 Å². The molecule has 21 heavy (non-hydrogen) atoms. The van der Waals surface area contributed by atoms with Crippen LogP contribution in [0.5, 0.6) is 0 Å². The monoisotopic (exact) mass is 317 g/mol. The van der Waals surface area contributed by atoms with Gasteiger partial charge in [-0.2, -0.15) is 0 Å². The maximum absolute atomic E-state index is 6.05. The smallest absolute Gasteiger partial charge is 0.342 e. The van der Waals surface area contributed by atoms with Crippen LogP contribution in [-0.2, 0) is 0 Å². The zero-order valence-corrected chi connectivity index (χ0v) is 12.2. The minimum absolute atomic E-state index is 0.167. The van der Waals surface area contributed by atoms with Crippen molar-refractivity contribution >= 4 is 35.4 Å². The third-order valence-electron chi connectivity index (χ3n) is 2.71. The van der Waals surface area contributed by atoms with Crippen LogP contribution in [0.25, 0.3) is 11.5 Å². The number of halogens is 2. The molecule has 6 heteroatoms. The fraction of sp³-hybridized carbons (Fsp3) is 0. The summed E-state index contributed by atoms with van der Waals surface area (Å²) in [4.78, 5) is 4.12. The first-order valence-corrected chi connectivity index (χ1v) is 6.86. The van der Waals surface area contributed by atoms with Crippen LogP contribution in [0.4, 0.5) is 6.01 Å². The molecular formula is C15H9Cl2N3O. The number of benzene rings is 2. The van der Waals surface area contributed by atoms with Gasteiger partial charge in [0.05, 0.1) is 5.02 Å². The molecule has 0 unspecified atom stereocenters. The lowest BCUT2D eigenvalue weighted by atomic mass is 10.2. The number of aromatic nitrogens is 2. The number of hydrogen-bond acceptors (Lipinski definition) is 4. The van der Waals surface area contributed by atoms with Gasteiger partial charge in [-0.3, -0.25) is 0 Å². The SMILES string of the molecule is Clc1ccc(C=Nc2nnc(-c3ccccc3)o2)c(Cl)c1. The number of nitrogens with zero attached hydrogens (tertiary/aromatic N) is 3. The Morgan fingerprint density at radius 2 is 1.81 bits per heavy atom. The second kappa shape index (κ2) is 6.08. The lowest BCUT2D eigenvalue weighted by molar-refractivity contribution is 0.580. The Morgan fingerprint density at radius 3 is 2.57 bits per heavy atom. The first-order chi connectivity index (χ1) is 10.2. The maximum atomic E-state index is 6.05. The second-order valence-corrected chi connectivity index (χ2v) is 5.02. The third-order valence-corrected chi connectivity index (χ3v) is 3.27. The molecule has 0 aliphatic carbocycles. The molecule has 104 valence electrons. The van der Waals surface area contributed by atoms with Crippen molar-refractivity contribution in [3.8, 4) is 11.5 Å². The second-order valence-electron chi connectivity index (χ2n) is 4.18. The summed E-state index contributed by atoms with van der Waals surface area (Å²) in [5.41, 5.74) is 1.57. The average molecular weight is 318 g/mol. The van der Waals surface area contributed by atoms with Gasteiger partial charge in [-0.05, 0) is 24.3 Å². The highest BCUT2D eigenvalue weighted by Gasteiger charge is 2.06. The van der Waals surface area contributed by atoms with Crippen molar-refractivity contribution in [2.24, 2.45) is 4.99 Å². The zero-order valence-electron chi connectivity index (χ0n) is 10.7. The summed E-state index contributed by atoms with van der Waals surface area (Å²) >= 11 is 11.9. The van der Waals surface area contributed by atoms with E-state index in [-0.39, 0.29) is 6.01 Å². The van der Waals surface area contributed by atoms with Gasteiger partial charge in [0.25, 0.3) is 0 Å². The predicted molar refractivity (Wildman–Crippen MR) is 83.5 cm³/mol. The molecule has 3 rings (SSSR count). The molecule has 0 radical (unpaired) electrons. The highest BCUT2D eigenvalue weighted by atomic mass is 35.5. The van der Waals surface area contributed by atoms with E-state index in [9.17, 15) is 0 Å². The lowest BCUT2D eigenvalue weighted by Crippen LogP contribution is -1.82. The normalized spacial score (nSPS) is 11.1. The Hall–Kier alpha value is -2.17. The van der Waals surface area contributed by atoms with Crippen molar-refractivity contribution in [1.82, 2.24) is 10.2 Å². The summed E-state index contributed by atoms with van der Waals surface area (Å²) in [5, 5.41) is 8.90. The number of aliphatic imine (C=N–C) groups is 1. The first-order valence-electron chi connectivity index (χ1n) is 6.10. The minimum atomic E-state index is 0.167. The van der Waals surface area contributed by atoms with Crippen molar-refractivity contribution in [1.29, 1.82) is 0 Å². The molecule has 3 aromatic rings. The van der Waals surface area contributed by atoms with E-state index < -0.39 is 0 Å². The van der Waals surface area contributed by atoms with Gasteiger partial charge in [-0.25, -0.2) is 4.99 Å². The van der Waals surface area contributed by atoms with Crippen LogP contribution < -0.4 is 0 Å². The van der Waals surface area contributed by atoms with Crippen LogP contribution in [0.2, 0.25) is 10.0 Å². The van der Waals surface area contributed by atoms with Crippen LogP contribution in [0.3, 0.4) is 0 Å².